The van der Waals surface area contributed by atoms with Crippen LogP contribution >= 0.6 is 11.3 Å². The van der Waals surface area contributed by atoms with Gasteiger partial charge in [0, 0.05) is 37.0 Å². The Morgan fingerprint density at radius 1 is 1.33 bits per heavy atom. The maximum atomic E-state index is 11.9. The van der Waals surface area contributed by atoms with Gasteiger partial charge < -0.3 is 15.1 Å². The molecule has 3 rings (SSSR count). The van der Waals surface area contributed by atoms with Crippen LogP contribution in [0, 0.1) is 5.92 Å². The Kier molecular flexibility index (Phi) is 6.31. The van der Waals surface area contributed by atoms with Crippen LogP contribution in [0.4, 0.5) is 0 Å². The van der Waals surface area contributed by atoms with Gasteiger partial charge >= 0.3 is 0 Å². The van der Waals surface area contributed by atoms with Crippen LogP contribution < -0.4 is 5.32 Å². The minimum absolute atomic E-state index is 0.289. The van der Waals surface area contributed by atoms with Crippen LogP contribution in [0.25, 0.3) is 0 Å². The summed E-state index contributed by atoms with van der Waals surface area (Å²) >= 11 is 1.85. The molecule has 1 aromatic rings. The van der Waals surface area contributed by atoms with Crippen molar-refractivity contribution < 1.29 is 4.79 Å². The fraction of sp³-hybridized carbons (Fsp3) is 0.737. The minimum atomic E-state index is 0.289. The first-order valence-electron chi connectivity index (χ1n) is 9.45. The number of thiophene rings is 1. The van der Waals surface area contributed by atoms with E-state index in [9.17, 15) is 4.79 Å². The van der Waals surface area contributed by atoms with Gasteiger partial charge in [0.2, 0.25) is 5.91 Å². The van der Waals surface area contributed by atoms with Gasteiger partial charge in [0.05, 0.1) is 6.04 Å². The number of likely N-dealkylation sites (tertiary alicyclic amines) is 2. The van der Waals surface area contributed by atoms with E-state index in [0.717, 1.165) is 32.0 Å². The average Bonchev–Trinajstić information content (AvgIpc) is 3.27. The average molecular weight is 350 g/mol. The molecule has 2 aliphatic heterocycles. The van der Waals surface area contributed by atoms with Crippen LogP contribution in [0.15, 0.2) is 17.5 Å². The van der Waals surface area contributed by atoms with Gasteiger partial charge in [-0.05, 0) is 49.7 Å². The molecule has 5 heteroatoms. The maximum Gasteiger partial charge on any atom is 0.222 e. The molecule has 1 N–H and O–H groups in total. The molecule has 2 unspecified atom stereocenters. The van der Waals surface area contributed by atoms with Gasteiger partial charge in [-0.15, -0.1) is 11.3 Å². The Morgan fingerprint density at radius 2 is 2.12 bits per heavy atom. The molecule has 0 aliphatic carbocycles. The van der Waals surface area contributed by atoms with E-state index in [2.05, 4.69) is 34.7 Å². The highest BCUT2D eigenvalue weighted by Crippen LogP contribution is 2.25. The lowest BCUT2D eigenvalue weighted by Gasteiger charge is -2.34. The lowest BCUT2D eigenvalue weighted by Crippen LogP contribution is -2.43. The predicted molar refractivity (Wildman–Crippen MR) is 100 cm³/mol. The highest BCUT2D eigenvalue weighted by Gasteiger charge is 2.29. The third-order valence-electron chi connectivity index (χ3n) is 5.48. The number of nitrogens with zero attached hydrogens (tertiary/aromatic N) is 2. The monoisotopic (exact) mass is 349 g/mol. The topological polar surface area (TPSA) is 35.6 Å². The van der Waals surface area contributed by atoms with E-state index in [1.165, 1.54) is 30.8 Å². The van der Waals surface area contributed by atoms with E-state index >= 15 is 0 Å². The van der Waals surface area contributed by atoms with Crippen molar-refractivity contribution in [2.75, 3.05) is 32.7 Å². The Hall–Kier alpha value is -0.910. The smallest absolute Gasteiger partial charge is 0.222 e. The van der Waals surface area contributed by atoms with Crippen LogP contribution in [0.1, 0.15) is 50.4 Å². The van der Waals surface area contributed by atoms with Crippen LogP contribution in [0.3, 0.4) is 0 Å². The SMILES string of the molecule is CCC(=O)N1CCC(NC(CN2CCC(C)CC2)c2cccs2)C1. The predicted octanol–water partition coefficient (Wildman–Crippen LogP) is 3.12. The normalized spacial score (nSPS) is 24.4. The van der Waals surface area contributed by atoms with E-state index in [1.54, 1.807) is 0 Å². The van der Waals surface area contributed by atoms with Crippen molar-refractivity contribution in [1.29, 1.82) is 0 Å². The molecule has 24 heavy (non-hydrogen) atoms. The zero-order valence-electron chi connectivity index (χ0n) is 15.0. The van der Waals surface area contributed by atoms with Gasteiger partial charge in [0.15, 0.2) is 0 Å². The summed E-state index contributed by atoms with van der Waals surface area (Å²) < 4.78 is 0. The van der Waals surface area contributed by atoms with Crippen LogP contribution in [0.2, 0.25) is 0 Å². The number of hydrogen-bond donors (Lipinski definition) is 1. The highest BCUT2D eigenvalue weighted by atomic mass is 32.1. The van der Waals surface area contributed by atoms with Gasteiger partial charge in [-0.1, -0.05) is 19.9 Å². The van der Waals surface area contributed by atoms with Crippen molar-refractivity contribution in [1.82, 2.24) is 15.1 Å². The van der Waals surface area contributed by atoms with Crippen molar-refractivity contribution in [2.45, 2.75) is 51.6 Å². The Balaban J connectivity index is 1.58. The molecule has 134 valence electrons. The van der Waals surface area contributed by atoms with Gasteiger partial charge in [0.1, 0.15) is 0 Å². The molecule has 3 heterocycles. The fourth-order valence-electron chi connectivity index (χ4n) is 3.85. The molecule has 2 atom stereocenters. The van der Waals surface area contributed by atoms with E-state index in [-0.39, 0.29) is 5.91 Å². The van der Waals surface area contributed by atoms with Crippen molar-refractivity contribution in [2.24, 2.45) is 5.92 Å². The molecule has 0 saturated carbocycles. The van der Waals surface area contributed by atoms with E-state index in [4.69, 9.17) is 0 Å². The first kappa shape index (κ1) is 17.9. The summed E-state index contributed by atoms with van der Waals surface area (Å²) in [6, 6.07) is 5.21. The molecule has 0 spiro atoms. The number of carbonyl (C=O) groups is 1. The molecule has 1 amide bonds. The number of carbonyl (C=O) groups excluding carboxylic acids is 1. The summed E-state index contributed by atoms with van der Waals surface area (Å²) in [6.45, 7) is 9.62. The van der Waals surface area contributed by atoms with Gasteiger partial charge in [-0.2, -0.15) is 0 Å². The van der Waals surface area contributed by atoms with E-state index in [1.807, 2.05) is 23.2 Å². The van der Waals surface area contributed by atoms with Crippen molar-refractivity contribution >= 4 is 17.2 Å². The number of piperidine rings is 1. The summed E-state index contributed by atoms with van der Waals surface area (Å²) in [5.74, 6) is 1.16. The van der Waals surface area contributed by atoms with Crippen molar-refractivity contribution in [3.05, 3.63) is 22.4 Å². The van der Waals surface area contributed by atoms with Gasteiger partial charge in [-0.25, -0.2) is 0 Å². The summed E-state index contributed by atoms with van der Waals surface area (Å²) in [4.78, 5) is 18.0. The largest absolute Gasteiger partial charge is 0.341 e. The standard InChI is InChI=1S/C19H31N3OS/c1-3-19(23)22-11-8-16(13-22)20-17(18-5-4-12-24-18)14-21-9-6-15(2)7-10-21/h4-5,12,15-17,20H,3,6-11,13-14H2,1-2H3. The quantitative estimate of drug-likeness (QED) is 0.857. The third-order valence-corrected chi connectivity index (χ3v) is 6.47. The molecule has 1 aromatic heterocycles. The number of rotatable bonds is 6. The summed E-state index contributed by atoms with van der Waals surface area (Å²) in [7, 11) is 0. The summed E-state index contributed by atoms with van der Waals surface area (Å²) in [5.41, 5.74) is 0. The molecule has 0 bridgehead atoms. The first-order valence-corrected chi connectivity index (χ1v) is 10.3. The Bertz CT molecular complexity index is 511. The van der Waals surface area contributed by atoms with Gasteiger partial charge in [0.25, 0.3) is 0 Å². The third kappa shape index (κ3) is 4.58. The lowest BCUT2D eigenvalue weighted by atomic mass is 9.98. The van der Waals surface area contributed by atoms with Crippen LogP contribution in [-0.2, 0) is 4.79 Å². The fourth-order valence-corrected chi connectivity index (χ4v) is 4.63. The molecule has 2 fully saturated rings. The first-order chi connectivity index (χ1) is 11.7. The zero-order chi connectivity index (χ0) is 16.9. The molecule has 2 saturated heterocycles. The second-order valence-corrected chi connectivity index (χ2v) is 8.38. The summed E-state index contributed by atoms with van der Waals surface area (Å²) in [5, 5.41) is 6.03. The van der Waals surface area contributed by atoms with E-state index < -0.39 is 0 Å². The van der Waals surface area contributed by atoms with Crippen LogP contribution in [-0.4, -0.2) is 54.5 Å². The van der Waals surface area contributed by atoms with Crippen molar-refractivity contribution in [3.63, 3.8) is 0 Å². The van der Waals surface area contributed by atoms with E-state index in [0.29, 0.717) is 18.5 Å². The second-order valence-electron chi connectivity index (χ2n) is 7.40. The van der Waals surface area contributed by atoms with Crippen LogP contribution in [0.5, 0.6) is 0 Å². The highest BCUT2D eigenvalue weighted by molar-refractivity contribution is 7.10. The Morgan fingerprint density at radius 3 is 2.79 bits per heavy atom. The maximum absolute atomic E-state index is 11.9. The van der Waals surface area contributed by atoms with Crippen molar-refractivity contribution in [3.8, 4) is 0 Å². The molecule has 2 aliphatic rings. The number of hydrogen-bond acceptors (Lipinski definition) is 4. The molecular formula is C19H31N3OS. The number of nitrogens with one attached hydrogen (secondary N) is 1. The molecule has 4 nitrogen and oxygen atoms in total. The molecule has 0 radical (unpaired) electrons. The number of amides is 1. The van der Waals surface area contributed by atoms with Gasteiger partial charge in [-0.3, -0.25) is 4.79 Å². The molecule has 0 aromatic carbocycles. The summed E-state index contributed by atoms with van der Waals surface area (Å²) in [6.07, 6.45) is 4.33. The lowest BCUT2D eigenvalue weighted by molar-refractivity contribution is -0.129. The Labute approximate surface area is 150 Å². The molecular weight excluding hydrogens is 318 g/mol. The zero-order valence-corrected chi connectivity index (χ0v) is 15.9. The second kappa shape index (κ2) is 8.45. The minimum Gasteiger partial charge on any atom is -0.341 e.